The van der Waals surface area contributed by atoms with E-state index in [4.69, 9.17) is 0 Å². The monoisotopic (exact) mass is 301 g/mol. The fraction of sp³-hybridized carbons (Fsp3) is 0.455. The zero-order valence-electron chi connectivity index (χ0n) is 9.34. The van der Waals surface area contributed by atoms with Gasteiger partial charge in [0.05, 0.1) is 6.04 Å². The predicted molar refractivity (Wildman–Crippen MR) is 66.6 cm³/mol. The quantitative estimate of drug-likeness (QED) is 0.819. The highest BCUT2D eigenvalue weighted by atomic mass is 79.9. The molecule has 17 heavy (non-hydrogen) atoms. The molecule has 1 fully saturated rings. The van der Waals surface area contributed by atoms with Gasteiger partial charge in [0.15, 0.2) is 0 Å². The molecule has 0 saturated carbocycles. The van der Waals surface area contributed by atoms with E-state index >= 15 is 0 Å². The van der Waals surface area contributed by atoms with Gasteiger partial charge >= 0.3 is 0 Å². The number of nitrogens with zero attached hydrogens (tertiary/aromatic N) is 1. The Kier molecular flexibility index (Phi) is 3.73. The van der Waals surface area contributed by atoms with E-state index < -0.39 is 12.2 Å². The molecule has 0 spiro atoms. The molecule has 1 amide bonds. The number of halogens is 2. The number of alkyl halides is 1. The fourth-order valence-electron chi connectivity index (χ4n) is 1.73. The van der Waals surface area contributed by atoms with Crippen molar-refractivity contribution in [2.45, 2.75) is 25.6 Å². The van der Waals surface area contributed by atoms with Crippen molar-refractivity contribution in [2.24, 2.45) is 0 Å². The lowest BCUT2D eigenvalue weighted by Gasteiger charge is -2.12. The van der Waals surface area contributed by atoms with Crippen molar-refractivity contribution in [1.29, 1.82) is 0 Å². The van der Waals surface area contributed by atoms with Gasteiger partial charge in [-0.3, -0.25) is 4.79 Å². The lowest BCUT2D eigenvalue weighted by Crippen LogP contribution is -2.35. The topological polar surface area (TPSA) is 54.0 Å². The second-order valence-corrected chi connectivity index (χ2v) is 4.90. The van der Waals surface area contributed by atoms with Crippen LogP contribution in [-0.2, 0) is 4.79 Å². The Balaban J connectivity index is 2.05. The number of hydrogen-bond donors (Lipinski definition) is 2. The van der Waals surface area contributed by atoms with Crippen LogP contribution < -0.4 is 10.6 Å². The third-order valence-electron chi connectivity index (χ3n) is 2.70. The summed E-state index contributed by atoms with van der Waals surface area (Å²) in [6, 6.07) is 3.19. The molecule has 2 atom stereocenters. The minimum Gasteiger partial charge on any atom is -0.309 e. The van der Waals surface area contributed by atoms with E-state index in [2.05, 4.69) is 31.5 Å². The van der Waals surface area contributed by atoms with Gasteiger partial charge in [-0.25, -0.2) is 9.37 Å². The van der Waals surface area contributed by atoms with Gasteiger partial charge < -0.3 is 10.6 Å². The van der Waals surface area contributed by atoms with Crippen molar-refractivity contribution >= 4 is 27.7 Å². The van der Waals surface area contributed by atoms with Crippen LogP contribution >= 0.6 is 15.9 Å². The van der Waals surface area contributed by atoms with E-state index in [1.165, 1.54) is 0 Å². The zero-order chi connectivity index (χ0) is 12.4. The summed E-state index contributed by atoms with van der Waals surface area (Å²) in [7, 11) is 0. The Morgan fingerprint density at radius 2 is 2.41 bits per heavy atom. The number of carbonyl (C=O) groups is 1. The van der Waals surface area contributed by atoms with Crippen LogP contribution in [0.1, 0.15) is 12.0 Å². The van der Waals surface area contributed by atoms with E-state index in [-0.39, 0.29) is 18.9 Å². The van der Waals surface area contributed by atoms with Gasteiger partial charge in [-0.2, -0.15) is 0 Å². The maximum atomic E-state index is 13.0. The lowest BCUT2D eigenvalue weighted by molar-refractivity contribution is -0.117. The number of nitrogens with one attached hydrogen (secondary N) is 2. The highest BCUT2D eigenvalue weighted by Gasteiger charge is 2.29. The van der Waals surface area contributed by atoms with E-state index in [9.17, 15) is 9.18 Å². The zero-order valence-corrected chi connectivity index (χ0v) is 10.9. The van der Waals surface area contributed by atoms with Crippen LogP contribution in [0.4, 0.5) is 10.2 Å². The number of aryl methyl sites for hydroxylation is 1. The second-order valence-electron chi connectivity index (χ2n) is 4.08. The molecule has 1 aromatic rings. The molecule has 2 rings (SSSR count). The van der Waals surface area contributed by atoms with Crippen molar-refractivity contribution in [2.75, 3.05) is 11.9 Å². The Hall–Kier alpha value is -1.01. The van der Waals surface area contributed by atoms with Crippen LogP contribution in [-0.4, -0.2) is 29.6 Å². The molecule has 4 nitrogen and oxygen atoms in total. The summed E-state index contributed by atoms with van der Waals surface area (Å²) in [6.07, 6.45) is -0.721. The summed E-state index contributed by atoms with van der Waals surface area (Å²) in [6.45, 7) is 2.10. The number of amides is 1. The molecule has 1 aliphatic heterocycles. The van der Waals surface area contributed by atoms with Crippen LogP contribution in [0.5, 0.6) is 0 Å². The van der Waals surface area contributed by atoms with Crippen molar-refractivity contribution in [3.63, 3.8) is 0 Å². The maximum Gasteiger partial charge on any atom is 0.242 e. The molecule has 0 radical (unpaired) electrons. The van der Waals surface area contributed by atoms with Gasteiger partial charge in [0.25, 0.3) is 0 Å². The summed E-state index contributed by atoms with van der Waals surface area (Å²) in [5.41, 5.74) is 0.872. The Bertz CT molecular complexity index is 441. The van der Waals surface area contributed by atoms with E-state index in [1.54, 1.807) is 6.07 Å². The fourth-order valence-corrected chi connectivity index (χ4v) is 2.04. The first-order valence-electron chi connectivity index (χ1n) is 5.37. The van der Waals surface area contributed by atoms with Gasteiger partial charge in [0.2, 0.25) is 5.91 Å². The van der Waals surface area contributed by atoms with Crippen LogP contribution in [0.3, 0.4) is 0 Å². The molecule has 0 bridgehead atoms. The van der Waals surface area contributed by atoms with Crippen LogP contribution in [0, 0.1) is 6.92 Å². The molecule has 1 saturated heterocycles. The van der Waals surface area contributed by atoms with Crippen molar-refractivity contribution in [3.05, 3.63) is 22.3 Å². The molecular formula is C11H13BrFN3O. The molecule has 0 aliphatic carbocycles. The molecule has 0 aromatic carbocycles. The Labute approximate surface area is 107 Å². The van der Waals surface area contributed by atoms with Gasteiger partial charge in [-0.1, -0.05) is 6.07 Å². The minimum absolute atomic E-state index is 0.221. The summed E-state index contributed by atoms with van der Waals surface area (Å²) < 4.78 is 13.6. The van der Waals surface area contributed by atoms with Crippen molar-refractivity contribution in [3.8, 4) is 0 Å². The normalized spacial score (nSPS) is 23.7. The van der Waals surface area contributed by atoms with Gasteiger partial charge in [-0.05, 0) is 34.5 Å². The largest absolute Gasteiger partial charge is 0.309 e. The number of rotatable bonds is 2. The molecule has 2 N–H and O–H groups in total. The summed E-state index contributed by atoms with van der Waals surface area (Å²) >= 11 is 3.24. The average molecular weight is 302 g/mol. The lowest BCUT2D eigenvalue weighted by atomic mass is 10.2. The van der Waals surface area contributed by atoms with E-state index in [0.717, 1.165) is 5.56 Å². The number of pyridine rings is 1. The van der Waals surface area contributed by atoms with Crippen LogP contribution in [0.15, 0.2) is 16.7 Å². The number of carbonyl (C=O) groups excluding carboxylic acids is 1. The highest BCUT2D eigenvalue weighted by Crippen LogP contribution is 2.17. The minimum atomic E-state index is -0.942. The van der Waals surface area contributed by atoms with Crippen molar-refractivity contribution in [1.82, 2.24) is 10.3 Å². The van der Waals surface area contributed by atoms with Gasteiger partial charge in [0, 0.05) is 13.0 Å². The summed E-state index contributed by atoms with van der Waals surface area (Å²) in [5.74, 6) is 0.271. The van der Waals surface area contributed by atoms with Gasteiger partial charge in [-0.15, -0.1) is 0 Å². The highest BCUT2D eigenvalue weighted by molar-refractivity contribution is 9.10. The smallest absolute Gasteiger partial charge is 0.242 e. The second kappa shape index (κ2) is 5.10. The Morgan fingerprint density at radius 1 is 1.65 bits per heavy atom. The first-order valence-corrected chi connectivity index (χ1v) is 6.17. The number of aromatic nitrogens is 1. The van der Waals surface area contributed by atoms with E-state index in [0.29, 0.717) is 10.4 Å². The molecule has 1 aliphatic rings. The summed E-state index contributed by atoms with van der Waals surface area (Å²) in [5, 5.41) is 5.54. The first kappa shape index (κ1) is 12.4. The molecule has 92 valence electrons. The molecular weight excluding hydrogens is 289 g/mol. The molecule has 1 aromatic heterocycles. The Morgan fingerprint density at radius 3 is 3.06 bits per heavy atom. The summed E-state index contributed by atoms with van der Waals surface area (Å²) in [4.78, 5) is 16.0. The van der Waals surface area contributed by atoms with Crippen LogP contribution in [0.25, 0.3) is 0 Å². The third kappa shape index (κ3) is 3.01. The number of anilines is 1. The molecule has 1 unspecified atom stereocenters. The van der Waals surface area contributed by atoms with E-state index in [1.807, 2.05) is 13.0 Å². The molecule has 6 heteroatoms. The average Bonchev–Trinajstić information content (AvgIpc) is 2.70. The third-order valence-corrected chi connectivity index (χ3v) is 3.14. The standard InChI is InChI=1S/C11H13BrFN3O/c1-6-2-3-9(12)15-10(6)16-11(17)8-4-7(13)5-14-8/h2-3,7-8,14H,4-5H2,1H3,(H,15,16,17)/t7?,8-/m0/s1. The van der Waals surface area contributed by atoms with Gasteiger partial charge in [0.1, 0.15) is 16.6 Å². The predicted octanol–water partition coefficient (Wildman–Crippen LogP) is 1.79. The number of hydrogen-bond acceptors (Lipinski definition) is 3. The maximum absolute atomic E-state index is 13.0. The van der Waals surface area contributed by atoms with Crippen LogP contribution in [0.2, 0.25) is 0 Å². The SMILES string of the molecule is Cc1ccc(Br)nc1NC(=O)[C@@H]1CC(F)CN1. The molecule has 2 heterocycles. The van der Waals surface area contributed by atoms with Crippen molar-refractivity contribution < 1.29 is 9.18 Å². The first-order chi connectivity index (χ1) is 8.06.